The average molecular weight is 532 g/mol. The van der Waals surface area contributed by atoms with Crippen molar-refractivity contribution in [3.05, 3.63) is 82.3 Å². The fourth-order valence-corrected chi connectivity index (χ4v) is 4.58. The Bertz CT molecular complexity index is 1360. The molecule has 0 atom stereocenters. The molecule has 0 aliphatic carbocycles. The Morgan fingerprint density at radius 3 is 2.47 bits per heavy atom. The predicted octanol–water partition coefficient (Wildman–Crippen LogP) is 3.97. The molecule has 196 valence electrons. The molecule has 4 rings (SSSR count). The van der Waals surface area contributed by atoms with Crippen LogP contribution in [0.5, 0.6) is 5.75 Å². The van der Waals surface area contributed by atoms with Crippen LogP contribution in [-0.2, 0) is 35.3 Å². The van der Waals surface area contributed by atoms with Crippen LogP contribution in [0.3, 0.4) is 0 Å². The van der Waals surface area contributed by atoms with E-state index in [1.807, 2.05) is 49.4 Å². The molecule has 0 aliphatic heterocycles. The number of aromatic nitrogens is 5. The van der Waals surface area contributed by atoms with Gasteiger partial charge >= 0.3 is 0 Å². The molecule has 0 radical (unpaired) electrons. The summed E-state index contributed by atoms with van der Waals surface area (Å²) in [6.45, 7) is 1.97. The van der Waals surface area contributed by atoms with Crippen molar-refractivity contribution < 1.29 is 14.3 Å². The molecular weight excluding hydrogens is 502 g/mol. The minimum atomic E-state index is -0.180. The number of carbonyl (C=O) groups excluding carboxylic acids is 2. The Labute approximate surface area is 224 Å². The zero-order chi connectivity index (χ0) is 26.7. The maximum absolute atomic E-state index is 12.5. The second-order valence-electron chi connectivity index (χ2n) is 8.70. The first-order valence-corrected chi connectivity index (χ1v) is 13.1. The highest BCUT2D eigenvalue weighted by atomic mass is 32.1. The van der Waals surface area contributed by atoms with Crippen LogP contribution < -0.4 is 15.4 Å². The van der Waals surface area contributed by atoms with Crippen molar-refractivity contribution in [3.63, 3.8) is 0 Å². The molecule has 0 bridgehead atoms. The summed E-state index contributed by atoms with van der Waals surface area (Å²) in [6.07, 6.45) is 5.36. The van der Waals surface area contributed by atoms with E-state index in [2.05, 4.69) is 36.0 Å². The zero-order valence-electron chi connectivity index (χ0n) is 21.3. The van der Waals surface area contributed by atoms with Crippen LogP contribution in [0.4, 0.5) is 10.9 Å². The predicted molar refractivity (Wildman–Crippen MR) is 145 cm³/mol. The number of unbranched alkanes of at least 4 members (excludes halogenated alkanes) is 1. The molecule has 4 aromatic rings. The number of hydrogen-bond acceptors (Lipinski definition) is 9. The summed E-state index contributed by atoms with van der Waals surface area (Å²) in [7, 11) is 1.59. The lowest BCUT2D eigenvalue weighted by atomic mass is 10.1. The highest BCUT2D eigenvalue weighted by molar-refractivity contribution is 7.15. The van der Waals surface area contributed by atoms with Gasteiger partial charge in [-0.2, -0.15) is 5.10 Å². The van der Waals surface area contributed by atoms with Gasteiger partial charge in [0.15, 0.2) is 5.82 Å². The number of nitrogens with zero attached hydrogens (tertiary/aromatic N) is 5. The zero-order valence-corrected chi connectivity index (χ0v) is 22.1. The molecule has 3 aromatic heterocycles. The van der Waals surface area contributed by atoms with Gasteiger partial charge in [-0.25, -0.2) is 0 Å². The van der Waals surface area contributed by atoms with Crippen molar-refractivity contribution in [2.75, 3.05) is 17.7 Å². The summed E-state index contributed by atoms with van der Waals surface area (Å²) in [5.74, 6) is 0.749. The molecule has 0 aliphatic rings. The Kier molecular flexibility index (Phi) is 9.41. The third-order valence-corrected chi connectivity index (χ3v) is 6.53. The summed E-state index contributed by atoms with van der Waals surface area (Å²) in [5.41, 5.74) is 3.44. The van der Waals surface area contributed by atoms with Crippen molar-refractivity contribution in [3.8, 4) is 5.75 Å². The van der Waals surface area contributed by atoms with E-state index in [1.165, 1.54) is 11.3 Å². The van der Waals surface area contributed by atoms with Crippen LogP contribution in [0.2, 0.25) is 0 Å². The van der Waals surface area contributed by atoms with E-state index in [0.717, 1.165) is 47.5 Å². The Morgan fingerprint density at radius 2 is 1.71 bits per heavy atom. The van der Waals surface area contributed by atoms with Gasteiger partial charge in [-0.1, -0.05) is 35.1 Å². The normalized spacial score (nSPS) is 10.7. The lowest BCUT2D eigenvalue weighted by molar-refractivity contribution is -0.116. The Morgan fingerprint density at radius 1 is 0.868 bits per heavy atom. The molecule has 0 saturated heterocycles. The number of pyridine rings is 1. The van der Waals surface area contributed by atoms with Crippen molar-refractivity contribution >= 4 is 34.1 Å². The van der Waals surface area contributed by atoms with Crippen molar-refractivity contribution in [1.82, 2.24) is 25.4 Å². The molecule has 10 nitrogen and oxygen atoms in total. The van der Waals surface area contributed by atoms with E-state index in [9.17, 15) is 9.59 Å². The third-order valence-electron chi connectivity index (χ3n) is 5.63. The van der Waals surface area contributed by atoms with E-state index >= 15 is 0 Å². The number of carbonyl (C=O) groups is 2. The number of aryl methyl sites for hydroxylation is 3. The molecule has 3 heterocycles. The minimum absolute atomic E-state index is 0.167. The van der Waals surface area contributed by atoms with E-state index < -0.39 is 0 Å². The summed E-state index contributed by atoms with van der Waals surface area (Å²) in [5, 5.41) is 23.5. The average Bonchev–Trinajstić information content (AvgIpc) is 3.35. The van der Waals surface area contributed by atoms with Crippen LogP contribution >= 0.6 is 11.3 Å². The highest BCUT2D eigenvalue weighted by Crippen LogP contribution is 2.21. The second kappa shape index (κ2) is 13.3. The van der Waals surface area contributed by atoms with Crippen LogP contribution in [0.25, 0.3) is 0 Å². The first-order chi connectivity index (χ1) is 18.5. The fourth-order valence-electron chi connectivity index (χ4n) is 3.78. The number of amides is 2. The number of benzene rings is 1. The number of ether oxygens (including phenoxy) is 1. The quantitative estimate of drug-likeness (QED) is 0.263. The molecule has 0 unspecified atom stereocenters. The number of anilines is 2. The maximum atomic E-state index is 12.5. The molecule has 1 aromatic carbocycles. The number of methoxy groups -OCH3 is 1. The van der Waals surface area contributed by atoms with Gasteiger partial charge in [-0.15, -0.1) is 15.3 Å². The lowest BCUT2D eigenvalue weighted by Crippen LogP contribution is -2.16. The number of nitrogens with one attached hydrogen (secondary N) is 2. The van der Waals surface area contributed by atoms with Crippen LogP contribution in [0, 0.1) is 6.92 Å². The highest BCUT2D eigenvalue weighted by Gasteiger charge is 2.12. The van der Waals surface area contributed by atoms with Gasteiger partial charge in [0, 0.05) is 23.9 Å². The lowest BCUT2D eigenvalue weighted by Gasteiger charge is -2.09. The molecule has 11 heteroatoms. The first-order valence-electron chi connectivity index (χ1n) is 12.3. The minimum Gasteiger partial charge on any atom is -0.496 e. The molecule has 2 amide bonds. The monoisotopic (exact) mass is 531 g/mol. The summed E-state index contributed by atoms with van der Waals surface area (Å²) in [4.78, 5) is 28.8. The van der Waals surface area contributed by atoms with E-state index in [-0.39, 0.29) is 24.7 Å². The maximum Gasteiger partial charge on any atom is 0.232 e. The molecule has 2 N–H and O–H groups in total. The van der Waals surface area contributed by atoms with Crippen LogP contribution in [-0.4, -0.2) is 44.3 Å². The molecule has 0 fully saturated rings. The number of hydrogen-bond donors (Lipinski definition) is 2. The summed E-state index contributed by atoms with van der Waals surface area (Å²) in [6, 6.07) is 14.8. The fraction of sp³-hybridized carbons (Fsp3) is 0.296. The van der Waals surface area contributed by atoms with Crippen LogP contribution in [0.1, 0.15) is 40.4 Å². The largest absolute Gasteiger partial charge is 0.496 e. The second-order valence-corrected chi connectivity index (χ2v) is 9.77. The molecular formula is C27H29N7O3S. The number of rotatable bonds is 12. The Hall–Kier alpha value is -4.25. The van der Waals surface area contributed by atoms with Gasteiger partial charge in [0.05, 0.1) is 25.6 Å². The molecule has 0 saturated carbocycles. The van der Waals surface area contributed by atoms with Gasteiger partial charge in [0.25, 0.3) is 0 Å². The Balaban J connectivity index is 1.17. The van der Waals surface area contributed by atoms with Crippen molar-refractivity contribution in [1.29, 1.82) is 0 Å². The van der Waals surface area contributed by atoms with Crippen LogP contribution in [0.15, 0.2) is 54.7 Å². The summed E-state index contributed by atoms with van der Waals surface area (Å²) < 4.78 is 5.34. The van der Waals surface area contributed by atoms with Crippen molar-refractivity contribution in [2.24, 2.45) is 0 Å². The molecule has 38 heavy (non-hydrogen) atoms. The van der Waals surface area contributed by atoms with Gasteiger partial charge in [-0.3, -0.25) is 14.6 Å². The van der Waals surface area contributed by atoms with Gasteiger partial charge in [0.2, 0.25) is 16.9 Å². The SMILES string of the molecule is COc1ccc(C)cc1CC(=O)Nc1ccc(CCCCc2nnc(NC(=O)Cc3ccccn3)s2)nn1. The van der Waals surface area contributed by atoms with Gasteiger partial charge in [0.1, 0.15) is 10.8 Å². The van der Waals surface area contributed by atoms with E-state index in [0.29, 0.717) is 22.4 Å². The summed E-state index contributed by atoms with van der Waals surface area (Å²) >= 11 is 1.38. The third kappa shape index (κ3) is 8.13. The van der Waals surface area contributed by atoms with Gasteiger partial charge in [-0.05, 0) is 56.5 Å². The first kappa shape index (κ1) is 26.8. The van der Waals surface area contributed by atoms with E-state index in [1.54, 1.807) is 19.4 Å². The van der Waals surface area contributed by atoms with E-state index in [4.69, 9.17) is 4.74 Å². The smallest absolute Gasteiger partial charge is 0.232 e. The van der Waals surface area contributed by atoms with Crippen molar-refractivity contribution in [2.45, 2.75) is 45.4 Å². The topological polar surface area (TPSA) is 132 Å². The molecule has 0 spiro atoms. The standard InChI is InChI=1S/C27H29N7O3S/c1-18-10-12-22(37-2)19(15-18)16-24(35)29-23-13-11-20(31-32-23)7-3-4-9-26-33-34-27(38-26)30-25(36)17-21-8-5-6-14-28-21/h5-6,8,10-15H,3-4,7,9,16-17H2,1-2H3,(H,29,32,35)(H,30,34,36). The van der Waals surface area contributed by atoms with Gasteiger partial charge < -0.3 is 15.4 Å².